The maximum absolute atomic E-state index is 5.41. The zero-order valence-electron chi connectivity index (χ0n) is 5.63. The van der Waals surface area contributed by atoms with Gasteiger partial charge in [-0.05, 0) is 15.9 Å². The van der Waals surface area contributed by atoms with Gasteiger partial charge in [-0.1, -0.05) is 6.92 Å². The van der Waals surface area contributed by atoms with Crippen molar-refractivity contribution in [1.82, 2.24) is 15.2 Å². The molecule has 0 spiro atoms. The Kier molecular flexibility index (Phi) is 2.39. The Morgan fingerprint density at radius 1 is 1.80 bits per heavy atom. The summed E-state index contributed by atoms with van der Waals surface area (Å²) in [6, 6.07) is 0. The third-order valence-electron chi connectivity index (χ3n) is 1.30. The lowest BCUT2D eigenvalue weighted by molar-refractivity contribution is 0.716. The van der Waals surface area contributed by atoms with E-state index in [4.69, 9.17) is 5.73 Å². The molecule has 0 aliphatic rings. The first-order valence-electron chi connectivity index (χ1n) is 3.02. The van der Waals surface area contributed by atoms with Gasteiger partial charge >= 0.3 is 0 Å². The first kappa shape index (κ1) is 7.68. The molecule has 3 N–H and O–H groups in total. The molecule has 0 bridgehead atoms. The Morgan fingerprint density at radius 2 is 2.50 bits per heavy atom. The summed E-state index contributed by atoms with van der Waals surface area (Å²) in [5, 5.41) is 6.58. The summed E-state index contributed by atoms with van der Waals surface area (Å²) < 4.78 is 0.586. The molecule has 0 saturated heterocycles. The molecule has 0 aliphatic heterocycles. The van der Waals surface area contributed by atoms with Gasteiger partial charge < -0.3 is 5.73 Å². The van der Waals surface area contributed by atoms with Crippen LogP contribution in [-0.2, 0) is 0 Å². The number of rotatable bonds is 2. The zero-order chi connectivity index (χ0) is 7.56. The molecule has 0 fully saturated rings. The number of nitrogens with one attached hydrogen (secondary N) is 1. The normalized spacial score (nSPS) is 13.5. The van der Waals surface area contributed by atoms with Crippen LogP contribution in [0.2, 0.25) is 0 Å². The van der Waals surface area contributed by atoms with E-state index < -0.39 is 0 Å². The van der Waals surface area contributed by atoms with Gasteiger partial charge in [0.05, 0.1) is 0 Å². The lowest BCUT2D eigenvalue weighted by Gasteiger charge is -2.00. The molecular formula is C5H9BrN4. The molecule has 56 valence electrons. The number of nitrogens with two attached hydrogens (primary N) is 1. The summed E-state index contributed by atoms with van der Waals surface area (Å²) >= 11 is 3.14. The molecule has 0 aromatic carbocycles. The standard InChI is InChI=1S/C5H9BrN4/c1-3(2-7)4-8-5(6)10-9-4/h3H,2,7H2,1H3,(H,8,9,10). The second-order valence-corrected chi connectivity index (χ2v) is 2.84. The van der Waals surface area contributed by atoms with Gasteiger partial charge in [-0.25, -0.2) is 4.98 Å². The molecule has 10 heavy (non-hydrogen) atoms. The van der Waals surface area contributed by atoms with Crippen molar-refractivity contribution in [1.29, 1.82) is 0 Å². The first-order valence-corrected chi connectivity index (χ1v) is 3.81. The smallest absolute Gasteiger partial charge is 0.217 e. The highest BCUT2D eigenvalue weighted by Gasteiger charge is 2.06. The molecule has 1 heterocycles. The van der Waals surface area contributed by atoms with E-state index in [9.17, 15) is 0 Å². The summed E-state index contributed by atoms with van der Waals surface area (Å²) in [6.45, 7) is 2.58. The van der Waals surface area contributed by atoms with Gasteiger partial charge in [0, 0.05) is 12.5 Å². The minimum Gasteiger partial charge on any atom is -0.330 e. The van der Waals surface area contributed by atoms with Crippen LogP contribution >= 0.6 is 15.9 Å². The van der Waals surface area contributed by atoms with Gasteiger partial charge in [-0.3, -0.25) is 5.10 Å². The molecule has 1 aromatic rings. The average molecular weight is 205 g/mol. The minimum atomic E-state index is 0.249. The second-order valence-electron chi connectivity index (χ2n) is 2.13. The van der Waals surface area contributed by atoms with Crippen molar-refractivity contribution in [3.63, 3.8) is 0 Å². The molecule has 0 amide bonds. The average Bonchev–Trinajstić information content (AvgIpc) is 2.34. The molecule has 1 atom stereocenters. The third-order valence-corrected chi connectivity index (χ3v) is 1.65. The summed E-state index contributed by atoms with van der Waals surface area (Å²) in [4.78, 5) is 4.05. The van der Waals surface area contributed by atoms with Gasteiger partial charge in [-0.15, -0.1) is 5.10 Å². The van der Waals surface area contributed by atoms with Crippen LogP contribution in [0.1, 0.15) is 18.7 Å². The molecule has 1 aromatic heterocycles. The van der Waals surface area contributed by atoms with E-state index in [0.717, 1.165) is 5.82 Å². The van der Waals surface area contributed by atoms with E-state index in [1.807, 2.05) is 6.92 Å². The highest BCUT2D eigenvalue weighted by molar-refractivity contribution is 9.10. The quantitative estimate of drug-likeness (QED) is 0.743. The second kappa shape index (κ2) is 3.12. The summed E-state index contributed by atoms with van der Waals surface area (Å²) in [5.41, 5.74) is 5.41. The van der Waals surface area contributed by atoms with Crippen LogP contribution in [0.25, 0.3) is 0 Å². The lowest BCUT2D eigenvalue weighted by Crippen LogP contribution is -2.10. The number of nitrogens with zero attached hydrogens (tertiary/aromatic N) is 2. The van der Waals surface area contributed by atoms with Crippen LogP contribution in [0.4, 0.5) is 0 Å². The van der Waals surface area contributed by atoms with E-state index in [0.29, 0.717) is 11.3 Å². The van der Waals surface area contributed by atoms with Crippen LogP contribution in [0, 0.1) is 0 Å². The number of aromatic nitrogens is 3. The summed E-state index contributed by atoms with van der Waals surface area (Å²) in [5.74, 6) is 1.08. The zero-order valence-corrected chi connectivity index (χ0v) is 7.22. The number of hydrogen-bond donors (Lipinski definition) is 2. The van der Waals surface area contributed by atoms with Gasteiger partial charge in [0.2, 0.25) is 4.73 Å². The third kappa shape index (κ3) is 1.54. The van der Waals surface area contributed by atoms with Crippen LogP contribution < -0.4 is 5.73 Å². The topological polar surface area (TPSA) is 67.6 Å². The predicted molar refractivity (Wildman–Crippen MR) is 41.6 cm³/mol. The SMILES string of the molecule is CC(CN)c1nc(Br)n[nH]1. The van der Waals surface area contributed by atoms with Crippen LogP contribution in [0.3, 0.4) is 0 Å². The van der Waals surface area contributed by atoms with Crippen molar-refractivity contribution in [3.8, 4) is 0 Å². The van der Waals surface area contributed by atoms with Crippen LogP contribution in [0.5, 0.6) is 0 Å². The van der Waals surface area contributed by atoms with Crippen LogP contribution in [-0.4, -0.2) is 21.7 Å². The van der Waals surface area contributed by atoms with Gasteiger partial charge in [0.25, 0.3) is 0 Å². The Bertz CT molecular complexity index is 209. The Labute approximate surface area is 67.4 Å². The Morgan fingerprint density at radius 3 is 2.90 bits per heavy atom. The van der Waals surface area contributed by atoms with Crippen molar-refractivity contribution < 1.29 is 0 Å². The van der Waals surface area contributed by atoms with E-state index in [2.05, 4.69) is 31.1 Å². The first-order chi connectivity index (χ1) is 4.74. The molecule has 4 nitrogen and oxygen atoms in total. The maximum Gasteiger partial charge on any atom is 0.217 e. The van der Waals surface area contributed by atoms with Crippen molar-refractivity contribution in [2.75, 3.05) is 6.54 Å². The van der Waals surface area contributed by atoms with Gasteiger partial charge in [0.1, 0.15) is 5.82 Å². The molecule has 0 aliphatic carbocycles. The summed E-state index contributed by atoms with van der Waals surface area (Å²) in [7, 11) is 0. The largest absolute Gasteiger partial charge is 0.330 e. The highest BCUT2D eigenvalue weighted by atomic mass is 79.9. The van der Waals surface area contributed by atoms with Crippen molar-refractivity contribution in [2.24, 2.45) is 5.73 Å². The fourth-order valence-electron chi connectivity index (χ4n) is 0.585. The van der Waals surface area contributed by atoms with E-state index in [1.54, 1.807) is 0 Å². The monoisotopic (exact) mass is 204 g/mol. The van der Waals surface area contributed by atoms with E-state index >= 15 is 0 Å². The predicted octanol–water partition coefficient (Wildman–Crippen LogP) is 0.629. The highest BCUT2D eigenvalue weighted by Crippen LogP contribution is 2.09. The van der Waals surface area contributed by atoms with Crippen LogP contribution in [0.15, 0.2) is 4.73 Å². The summed E-state index contributed by atoms with van der Waals surface area (Å²) in [6.07, 6.45) is 0. The molecule has 1 unspecified atom stereocenters. The number of hydrogen-bond acceptors (Lipinski definition) is 3. The Balaban J connectivity index is 2.74. The molecule has 1 rings (SSSR count). The molecule has 5 heteroatoms. The molecule has 0 radical (unpaired) electrons. The fraction of sp³-hybridized carbons (Fsp3) is 0.600. The van der Waals surface area contributed by atoms with Gasteiger partial charge in [-0.2, -0.15) is 0 Å². The van der Waals surface area contributed by atoms with Crippen molar-refractivity contribution >= 4 is 15.9 Å². The number of halogens is 1. The fourth-order valence-corrected chi connectivity index (χ4v) is 0.865. The minimum absolute atomic E-state index is 0.249. The van der Waals surface area contributed by atoms with Crippen molar-refractivity contribution in [2.45, 2.75) is 12.8 Å². The van der Waals surface area contributed by atoms with Crippen molar-refractivity contribution in [3.05, 3.63) is 10.6 Å². The Hall–Kier alpha value is -0.420. The molecule has 0 saturated carbocycles. The molecular weight excluding hydrogens is 196 g/mol. The lowest BCUT2D eigenvalue weighted by atomic mass is 10.2. The maximum atomic E-state index is 5.41. The number of H-pyrrole nitrogens is 1. The van der Waals surface area contributed by atoms with Gasteiger partial charge in [0.15, 0.2) is 0 Å². The van der Waals surface area contributed by atoms with E-state index in [1.165, 1.54) is 0 Å². The van der Waals surface area contributed by atoms with E-state index in [-0.39, 0.29) is 5.92 Å². The number of aromatic amines is 1.